The van der Waals surface area contributed by atoms with Gasteiger partial charge in [0.05, 0.1) is 17.7 Å². The van der Waals surface area contributed by atoms with Crippen molar-refractivity contribution in [2.75, 3.05) is 20.2 Å². The number of benzene rings is 1. The van der Waals surface area contributed by atoms with Gasteiger partial charge in [-0.25, -0.2) is 0 Å². The van der Waals surface area contributed by atoms with Gasteiger partial charge in [0.1, 0.15) is 11.8 Å². The fourth-order valence-electron chi connectivity index (χ4n) is 2.45. The van der Waals surface area contributed by atoms with E-state index in [1.54, 1.807) is 7.11 Å². The summed E-state index contributed by atoms with van der Waals surface area (Å²) < 4.78 is 10.7. The standard InChI is InChI=1S/C14H16N2O3/c1-18-13-7-15-6-11(13)16-14(17)10-8-19-12-5-3-2-4-9(10)12/h2-5,8,11,13,15H,6-7H2,1H3,(H,16,17)/t11-,13-/m0/s1. The molecule has 2 N–H and O–H groups in total. The molecule has 5 heteroatoms. The molecule has 0 bridgehead atoms. The van der Waals surface area contributed by atoms with Gasteiger partial charge < -0.3 is 19.8 Å². The first kappa shape index (κ1) is 12.2. The number of methoxy groups -OCH3 is 1. The summed E-state index contributed by atoms with van der Waals surface area (Å²) in [4.78, 5) is 12.3. The minimum atomic E-state index is -0.124. The van der Waals surface area contributed by atoms with E-state index in [2.05, 4.69) is 10.6 Å². The zero-order valence-corrected chi connectivity index (χ0v) is 10.7. The summed E-state index contributed by atoms with van der Waals surface area (Å²) in [5.74, 6) is -0.124. The van der Waals surface area contributed by atoms with Crippen molar-refractivity contribution in [1.29, 1.82) is 0 Å². The number of hydrogen-bond donors (Lipinski definition) is 2. The molecule has 1 amide bonds. The zero-order chi connectivity index (χ0) is 13.2. The van der Waals surface area contributed by atoms with E-state index in [0.717, 1.165) is 24.1 Å². The Labute approximate surface area is 110 Å². The molecule has 19 heavy (non-hydrogen) atoms. The molecule has 1 aliphatic rings. The average molecular weight is 260 g/mol. The topological polar surface area (TPSA) is 63.5 Å². The number of carbonyl (C=O) groups excluding carboxylic acids is 1. The lowest BCUT2D eigenvalue weighted by molar-refractivity contribution is 0.0780. The van der Waals surface area contributed by atoms with E-state index in [9.17, 15) is 4.79 Å². The smallest absolute Gasteiger partial charge is 0.255 e. The largest absolute Gasteiger partial charge is 0.463 e. The Hall–Kier alpha value is -1.85. The Morgan fingerprint density at radius 3 is 3.11 bits per heavy atom. The molecule has 0 unspecified atom stereocenters. The molecule has 1 aromatic carbocycles. The first-order valence-electron chi connectivity index (χ1n) is 6.30. The first-order chi connectivity index (χ1) is 9.29. The fourth-order valence-corrected chi connectivity index (χ4v) is 2.45. The third-order valence-corrected chi connectivity index (χ3v) is 3.50. The molecule has 1 saturated heterocycles. The Kier molecular flexibility index (Phi) is 3.23. The van der Waals surface area contributed by atoms with Crippen LogP contribution in [-0.2, 0) is 4.74 Å². The van der Waals surface area contributed by atoms with E-state index in [-0.39, 0.29) is 18.1 Å². The van der Waals surface area contributed by atoms with Crippen LogP contribution in [0.2, 0.25) is 0 Å². The van der Waals surface area contributed by atoms with Crippen molar-refractivity contribution in [3.8, 4) is 0 Å². The van der Waals surface area contributed by atoms with Gasteiger partial charge in [0.25, 0.3) is 5.91 Å². The second kappa shape index (κ2) is 5.03. The minimum absolute atomic E-state index is 0.00818. The van der Waals surface area contributed by atoms with E-state index in [1.807, 2.05) is 24.3 Å². The van der Waals surface area contributed by atoms with Crippen LogP contribution in [0.4, 0.5) is 0 Å². The van der Waals surface area contributed by atoms with Crippen molar-refractivity contribution in [3.05, 3.63) is 36.1 Å². The Morgan fingerprint density at radius 2 is 2.26 bits per heavy atom. The molecule has 5 nitrogen and oxygen atoms in total. The van der Waals surface area contributed by atoms with E-state index in [4.69, 9.17) is 9.15 Å². The van der Waals surface area contributed by atoms with Crippen molar-refractivity contribution in [3.63, 3.8) is 0 Å². The summed E-state index contributed by atoms with van der Waals surface area (Å²) in [5, 5.41) is 7.02. The molecule has 0 spiro atoms. The lowest BCUT2D eigenvalue weighted by Crippen LogP contribution is -2.43. The summed E-state index contributed by atoms with van der Waals surface area (Å²) in [6, 6.07) is 7.50. The van der Waals surface area contributed by atoms with Crippen molar-refractivity contribution in [2.45, 2.75) is 12.1 Å². The first-order valence-corrected chi connectivity index (χ1v) is 6.30. The third kappa shape index (κ3) is 2.22. The molecule has 1 aliphatic heterocycles. The van der Waals surface area contributed by atoms with Gasteiger partial charge in [0, 0.05) is 25.6 Å². The molecule has 2 aromatic rings. The number of amides is 1. The van der Waals surface area contributed by atoms with E-state index in [1.165, 1.54) is 6.26 Å². The molecule has 0 saturated carbocycles. The summed E-state index contributed by atoms with van der Waals surface area (Å²) in [5.41, 5.74) is 1.29. The molecule has 100 valence electrons. The van der Waals surface area contributed by atoms with Gasteiger partial charge in [-0.05, 0) is 6.07 Å². The number of rotatable bonds is 3. The van der Waals surface area contributed by atoms with Crippen LogP contribution < -0.4 is 10.6 Å². The second-order valence-corrected chi connectivity index (χ2v) is 4.66. The molecule has 0 aliphatic carbocycles. The Balaban J connectivity index is 1.80. The van der Waals surface area contributed by atoms with Gasteiger partial charge in [0.15, 0.2) is 0 Å². The second-order valence-electron chi connectivity index (χ2n) is 4.66. The van der Waals surface area contributed by atoms with Crippen LogP contribution in [0.1, 0.15) is 10.4 Å². The number of nitrogens with one attached hydrogen (secondary N) is 2. The van der Waals surface area contributed by atoms with E-state index >= 15 is 0 Å². The number of para-hydroxylation sites is 1. The van der Waals surface area contributed by atoms with Crippen LogP contribution in [0.3, 0.4) is 0 Å². The van der Waals surface area contributed by atoms with Crippen molar-refractivity contribution in [1.82, 2.24) is 10.6 Å². The van der Waals surface area contributed by atoms with Crippen LogP contribution in [0.25, 0.3) is 11.0 Å². The minimum Gasteiger partial charge on any atom is -0.463 e. The Bertz CT molecular complexity index is 593. The van der Waals surface area contributed by atoms with Gasteiger partial charge in [-0.1, -0.05) is 18.2 Å². The lowest BCUT2D eigenvalue weighted by Gasteiger charge is -2.18. The molecule has 3 rings (SSSR count). The highest BCUT2D eigenvalue weighted by atomic mass is 16.5. The van der Waals surface area contributed by atoms with Gasteiger partial charge >= 0.3 is 0 Å². The highest BCUT2D eigenvalue weighted by molar-refractivity contribution is 6.06. The maximum Gasteiger partial charge on any atom is 0.255 e. The molecule has 1 aromatic heterocycles. The van der Waals surface area contributed by atoms with Crippen molar-refractivity contribution < 1.29 is 13.9 Å². The summed E-state index contributed by atoms with van der Waals surface area (Å²) in [6.07, 6.45) is 1.52. The SMILES string of the molecule is CO[C@H]1CNC[C@@H]1NC(=O)c1coc2ccccc12. The van der Waals surface area contributed by atoms with Crippen molar-refractivity contribution >= 4 is 16.9 Å². The van der Waals surface area contributed by atoms with E-state index < -0.39 is 0 Å². The number of hydrogen-bond acceptors (Lipinski definition) is 4. The van der Waals surface area contributed by atoms with Crippen molar-refractivity contribution in [2.24, 2.45) is 0 Å². The van der Waals surface area contributed by atoms with Gasteiger partial charge in [0.2, 0.25) is 0 Å². The molecule has 2 heterocycles. The van der Waals surface area contributed by atoms with Crippen LogP contribution in [0, 0.1) is 0 Å². The third-order valence-electron chi connectivity index (χ3n) is 3.50. The monoisotopic (exact) mass is 260 g/mol. The summed E-state index contributed by atoms with van der Waals surface area (Å²) >= 11 is 0. The average Bonchev–Trinajstić information content (AvgIpc) is 3.04. The summed E-state index contributed by atoms with van der Waals surface area (Å²) in [7, 11) is 1.66. The highest BCUT2D eigenvalue weighted by Crippen LogP contribution is 2.20. The number of fused-ring (bicyclic) bond motifs is 1. The molecule has 0 radical (unpaired) electrons. The van der Waals surface area contributed by atoms with Gasteiger partial charge in [-0.3, -0.25) is 4.79 Å². The number of ether oxygens (including phenoxy) is 1. The van der Waals surface area contributed by atoms with Gasteiger partial charge in [-0.2, -0.15) is 0 Å². The summed E-state index contributed by atoms with van der Waals surface area (Å²) in [6.45, 7) is 1.48. The highest BCUT2D eigenvalue weighted by Gasteiger charge is 2.29. The van der Waals surface area contributed by atoms with Crippen LogP contribution >= 0.6 is 0 Å². The quantitative estimate of drug-likeness (QED) is 0.869. The number of furan rings is 1. The Morgan fingerprint density at radius 1 is 1.42 bits per heavy atom. The number of carbonyl (C=O) groups is 1. The molecule has 2 atom stereocenters. The van der Waals surface area contributed by atoms with Crippen LogP contribution in [0.5, 0.6) is 0 Å². The van der Waals surface area contributed by atoms with Crippen LogP contribution in [0.15, 0.2) is 34.9 Å². The van der Waals surface area contributed by atoms with Gasteiger partial charge in [-0.15, -0.1) is 0 Å². The zero-order valence-electron chi connectivity index (χ0n) is 10.7. The normalized spacial score (nSPS) is 22.8. The molecular formula is C14H16N2O3. The fraction of sp³-hybridized carbons (Fsp3) is 0.357. The van der Waals surface area contributed by atoms with E-state index in [0.29, 0.717) is 5.56 Å². The molecule has 1 fully saturated rings. The molecular weight excluding hydrogens is 244 g/mol. The maximum atomic E-state index is 12.3. The maximum absolute atomic E-state index is 12.3. The predicted molar refractivity (Wildman–Crippen MR) is 71.1 cm³/mol. The predicted octanol–water partition coefficient (Wildman–Crippen LogP) is 1.15. The lowest BCUT2D eigenvalue weighted by atomic mass is 10.1. The van der Waals surface area contributed by atoms with Crippen LogP contribution in [-0.4, -0.2) is 38.3 Å².